The minimum absolute atomic E-state index is 0.0232. The molecule has 0 spiro atoms. The minimum Gasteiger partial charge on any atom is -0.444 e. The summed E-state index contributed by atoms with van der Waals surface area (Å²) in [4.78, 5) is 25.9. The van der Waals surface area contributed by atoms with Gasteiger partial charge in [0.05, 0.1) is 18.0 Å². The highest BCUT2D eigenvalue weighted by Gasteiger charge is 2.30. The number of carbonyl (C=O) groups excluding carboxylic acids is 2. The van der Waals surface area contributed by atoms with Gasteiger partial charge in [0.15, 0.2) is 0 Å². The zero-order valence-electron chi connectivity index (χ0n) is 16.9. The summed E-state index contributed by atoms with van der Waals surface area (Å²) in [5.41, 5.74) is -0.639. The van der Waals surface area contributed by atoms with Gasteiger partial charge in [-0.15, -0.1) is 18.2 Å². The summed E-state index contributed by atoms with van der Waals surface area (Å²) in [5, 5.41) is 13.0. The van der Waals surface area contributed by atoms with Crippen molar-refractivity contribution in [2.45, 2.75) is 77.7 Å². The van der Waals surface area contributed by atoms with Crippen LogP contribution in [0.25, 0.3) is 0 Å². The molecule has 0 saturated carbocycles. The van der Waals surface area contributed by atoms with Gasteiger partial charge in [0.25, 0.3) is 0 Å². The Balaban J connectivity index is 4.90. The molecule has 7 heteroatoms. The van der Waals surface area contributed by atoms with Gasteiger partial charge in [-0.05, 0) is 52.9 Å². The SMILES string of the molecule is C=CCCC(C)CC(NC(=O)C(C)N(C)C(=O)OC(C)(C)C)[C@H](O)CCl. The van der Waals surface area contributed by atoms with E-state index in [1.807, 2.05) is 6.08 Å². The molecule has 0 aliphatic rings. The first kappa shape index (κ1) is 24.7. The van der Waals surface area contributed by atoms with E-state index in [4.69, 9.17) is 16.3 Å². The van der Waals surface area contributed by atoms with Crippen molar-refractivity contribution >= 4 is 23.6 Å². The van der Waals surface area contributed by atoms with Gasteiger partial charge in [0.1, 0.15) is 11.6 Å². The van der Waals surface area contributed by atoms with Gasteiger partial charge >= 0.3 is 6.09 Å². The van der Waals surface area contributed by atoms with Gasteiger partial charge in [0.2, 0.25) is 5.91 Å². The maximum atomic E-state index is 12.5. The lowest BCUT2D eigenvalue weighted by Crippen LogP contribution is -2.53. The van der Waals surface area contributed by atoms with Crippen LogP contribution in [0.1, 0.15) is 53.9 Å². The van der Waals surface area contributed by atoms with Gasteiger partial charge in [-0.1, -0.05) is 13.0 Å². The molecule has 3 unspecified atom stereocenters. The molecule has 0 aliphatic carbocycles. The van der Waals surface area contributed by atoms with E-state index in [0.29, 0.717) is 6.42 Å². The largest absolute Gasteiger partial charge is 0.444 e. The smallest absolute Gasteiger partial charge is 0.410 e. The monoisotopic (exact) mass is 390 g/mol. The quantitative estimate of drug-likeness (QED) is 0.443. The van der Waals surface area contributed by atoms with E-state index < -0.39 is 29.9 Å². The van der Waals surface area contributed by atoms with Crippen molar-refractivity contribution in [2.24, 2.45) is 5.92 Å². The molecule has 0 aromatic rings. The van der Waals surface area contributed by atoms with Gasteiger partial charge < -0.3 is 15.2 Å². The number of alkyl halides is 1. The van der Waals surface area contributed by atoms with E-state index >= 15 is 0 Å². The normalized spacial score (nSPS) is 16.2. The molecule has 2 N–H and O–H groups in total. The van der Waals surface area contributed by atoms with E-state index in [0.717, 1.165) is 12.8 Å². The van der Waals surface area contributed by atoms with Crippen LogP contribution in [0.5, 0.6) is 0 Å². The highest BCUT2D eigenvalue weighted by Crippen LogP contribution is 2.17. The molecule has 0 fully saturated rings. The predicted molar refractivity (Wildman–Crippen MR) is 105 cm³/mol. The number of amides is 2. The Labute approximate surface area is 162 Å². The lowest BCUT2D eigenvalue weighted by Gasteiger charge is -2.31. The van der Waals surface area contributed by atoms with Crippen molar-refractivity contribution < 1.29 is 19.4 Å². The van der Waals surface area contributed by atoms with E-state index in [1.54, 1.807) is 27.7 Å². The fraction of sp³-hybridized carbons (Fsp3) is 0.789. The first-order valence-corrected chi connectivity index (χ1v) is 9.57. The molecular weight excluding hydrogens is 356 g/mol. The molecule has 0 radical (unpaired) electrons. The van der Waals surface area contributed by atoms with E-state index in [1.165, 1.54) is 11.9 Å². The molecule has 2 amide bonds. The highest BCUT2D eigenvalue weighted by molar-refractivity contribution is 6.18. The minimum atomic E-state index is -0.856. The van der Waals surface area contributed by atoms with Gasteiger partial charge in [-0.3, -0.25) is 9.69 Å². The molecule has 152 valence electrons. The molecule has 0 aliphatic heterocycles. The lowest BCUT2D eigenvalue weighted by molar-refractivity contribution is -0.127. The summed E-state index contributed by atoms with van der Waals surface area (Å²) in [6.45, 7) is 12.7. The lowest BCUT2D eigenvalue weighted by atomic mass is 9.94. The second-order valence-electron chi connectivity index (χ2n) is 7.81. The summed E-state index contributed by atoms with van der Waals surface area (Å²) in [6, 6.07) is -1.22. The molecule has 0 bridgehead atoms. The highest BCUT2D eigenvalue weighted by atomic mass is 35.5. The first-order chi connectivity index (χ1) is 11.9. The van der Waals surface area contributed by atoms with Crippen LogP contribution in [0.2, 0.25) is 0 Å². The van der Waals surface area contributed by atoms with Gasteiger partial charge in [-0.25, -0.2) is 4.79 Å². The Bertz CT molecular complexity index is 465. The Morgan fingerprint density at radius 2 is 1.92 bits per heavy atom. The average molecular weight is 391 g/mol. The first-order valence-electron chi connectivity index (χ1n) is 9.04. The molecule has 0 rings (SSSR count). The van der Waals surface area contributed by atoms with Crippen molar-refractivity contribution in [3.05, 3.63) is 12.7 Å². The molecule has 0 heterocycles. The number of nitrogens with one attached hydrogen (secondary N) is 1. The average Bonchev–Trinajstić information content (AvgIpc) is 2.55. The van der Waals surface area contributed by atoms with Crippen molar-refractivity contribution in [3.63, 3.8) is 0 Å². The number of hydrogen-bond donors (Lipinski definition) is 2. The Hall–Kier alpha value is -1.27. The standard InChI is InChI=1S/C19H35ClN2O4/c1-8-9-10-13(2)11-15(16(23)12-20)21-17(24)14(3)22(7)18(25)26-19(4,5)6/h8,13-16,23H,1,9-12H2,2-7H3,(H,21,24)/t13?,14?,15?,16-/m1/s1. The summed E-state index contributed by atoms with van der Waals surface area (Å²) < 4.78 is 5.28. The van der Waals surface area contributed by atoms with Crippen LogP contribution in [0.15, 0.2) is 12.7 Å². The summed E-state index contributed by atoms with van der Waals surface area (Å²) >= 11 is 5.78. The van der Waals surface area contributed by atoms with Crippen molar-refractivity contribution in [2.75, 3.05) is 12.9 Å². The summed E-state index contributed by atoms with van der Waals surface area (Å²) in [5.74, 6) is -0.0476. The molecule has 0 aromatic carbocycles. The molecular formula is C19H35ClN2O4. The van der Waals surface area contributed by atoms with Crippen LogP contribution in [0, 0.1) is 5.92 Å². The number of halogens is 1. The van der Waals surface area contributed by atoms with Crippen LogP contribution in [-0.4, -0.2) is 58.7 Å². The molecule has 4 atom stereocenters. The maximum Gasteiger partial charge on any atom is 0.410 e. The summed E-state index contributed by atoms with van der Waals surface area (Å²) in [6.07, 6.45) is 2.80. The third-order valence-electron chi connectivity index (χ3n) is 4.11. The molecule has 26 heavy (non-hydrogen) atoms. The second-order valence-corrected chi connectivity index (χ2v) is 8.12. The number of likely N-dealkylation sites (N-methyl/N-ethyl adjacent to an activating group) is 1. The number of allylic oxidation sites excluding steroid dienone is 1. The Morgan fingerprint density at radius 1 is 1.35 bits per heavy atom. The second kappa shape index (κ2) is 11.4. The van der Waals surface area contributed by atoms with Crippen LogP contribution in [0.3, 0.4) is 0 Å². The van der Waals surface area contributed by atoms with Crippen LogP contribution in [0.4, 0.5) is 4.79 Å². The van der Waals surface area contributed by atoms with E-state index in [9.17, 15) is 14.7 Å². The molecule has 0 aromatic heterocycles. The molecule has 0 saturated heterocycles. The number of rotatable bonds is 10. The number of nitrogens with zero attached hydrogens (tertiary/aromatic N) is 1. The zero-order chi connectivity index (χ0) is 20.5. The van der Waals surface area contributed by atoms with Crippen LogP contribution >= 0.6 is 11.6 Å². The van der Waals surface area contributed by atoms with Crippen molar-refractivity contribution in [1.82, 2.24) is 10.2 Å². The number of hydrogen-bond acceptors (Lipinski definition) is 4. The number of aliphatic hydroxyl groups excluding tert-OH is 1. The fourth-order valence-electron chi connectivity index (χ4n) is 2.34. The van der Waals surface area contributed by atoms with Gasteiger partial charge in [0, 0.05) is 7.05 Å². The zero-order valence-corrected chi connectivity index (χ0v) is 17.7. The topological polar surface area (TPSA) is 78.9 Å². The number of carbonyl (C=O) groups is 2. The van der Waals surface area contributed by atoms with Gasteiger partial charge in [-0.2, -0.15) is 0 Å². The maximum absolute atomic E-state index is 12.5. The van der Waals surface area contributed by atoms with E-state index in [2.05, 4.69) is 18.8 Å². The van der Waals surface area contributed by atoms with Crippen LogP contribution < -0.4 is 5.32 Å². The molecule has 6 nitrogen and oxygen atoms in total. The van der Waals surface area contributed by atoms with Crippen molar-refractivity contribution in [1.29, 1.82) is 0 Å². The fourth-order valence-corrected chi connectivity index (χ4v) is 2.56. The number of aliphatic hydroxyl groups is 1. The Kier molecular flexibility index (Phi) is 10.9. The van der Waals surface area contributed by atoms with Crippen molar-refractivity contribution in [3.8, 4) is 0 Å². The third kappa shape index (κ3) is 9.43. The van der Waals surface area contributed by atoms with Crippen LogP contribution in [-0.2, 0) is 9.53 Å². The third-order valence-corrected chi connectivity index (χ3v) is 4.43. The Morgan fingerprint density at radius 3 is 2.38 bits per heavy atom. The van der Waals surface area contributed by atoms with E-state index in [-0.39, 0.29) is 17.7 Å². The number of ether oxygens (including phenoxy) is 1. The summed E-state index contributed by atoms with van der Waals surface area (Å²) in [7, 11) is 1.51. The predicted octanol–water partition coefficient (Wildman–Crippen LogP) is 3.32.